The Bertz CT molecular complexity index is 174. The van der Waals surface area contributed by atoms with E-state index in [1.807, 2.05) is 0 Å². The van der Waals surface area contributed by atoms with Gasteiger partial charge in [-0.25, -0.2) is 0 Å². The number of likely N-dealkylation sites (N-methyl/N-ethyl adjacent to an activating group) is 2. The van der Waals surface area contributed by atoms with Gasteiger partial charge in [-0.3, -0.25) is 4.90 Å². The average Bonchev–Trinajstić information content (AvgIpc) is 2.26. The normalized spacial score (nSPS) is 19.9. The van der Waals surface area contributed by atoms with E-state index in [4.69, 9.17) is 0 Å². The molecule has 0 atom stereocenters. The molecule has 96 valence electrons. The van der Waals surface area contributed by atoms with Crippen LogP contribution in [0.15, 0.2) is 0 Å². The third-order valence-electron chi connectivity index (χ3n) is 3.40. The van der Waals surface area contributed by atoms with Crippen LogP contribution in [0, 0.1) is 5.92 Å². The largest absolute Gasteiger partial charge is 0.304 e. The maximum absolute atomic E-state index is 2.60. The molecule has 3 nitrogen and oxygen atoms in total. The van der Waals surface area contributed by atoms with Crippen molar-refractivity contribution in [1.29, 1.82) is 0 Å². The highest BCUT2D eigenvalue weighted by Gasteiger charge is 2.14. The van der Waals surface area contributed by atoms with Gasteiger partial charge >= 0.3 is 0 Å². The summed E-state index contributed by atoms with van der Waals surface area (Å²) < 4.78 is 0. The van der Waals surface area contributed by atoms with E-state index in [1.54, 1.807) is 0 Å². The fourth-order valence-corrected chi connectivity index (χ4v) is 2.25. The second-order valence-electron chi connectivity index (χ2n) is 5.43. The summed E-state index contributed by atoms with van der Waals surface area (Å²) in [6.45, 7) is 16.7. The zero-order valence-electron chi connectivity index (χ0n) is 11.6. The van der Waals surface area contributed by atoms with Gasteiger partial charge in [-0.15, -0.1) is 0 Å². The van der Waals surface area contributed by atoms with Crippen LogP contribution in [0.3, 0.4) is 0 Å². The number of hydrogen-bond acceptors (Lipinski definition) is 3. The highest BCUT2D eigenvalue weighted by molar-refractivity contribution is 4.70. The lowest BCUT2D eigenvalue weighted by atomic mass is 10.2. The first-order valence-electron chi connectivity index (χ1n) is 6.75. The van der Waals surface area contributed by atoms with Gasteiger partial charge in [0.25, 0.3) is 0 Å². The van der Waals surface area contributed by atoms with Gasteiger partial charge in [0.2, 0.25) is 0 Å². The van der Waals surface area contributed by atoms with Crippen LogP contribution < -0.4 is 0 Å². The molecule has 0 bridgehead atoms. The minimum atomic E-state index is 0.785. The summed E-state index contributed by atoms with van der Waals surface area (Å²) in [6, 6.07) is 0. The van der Waals surface area contributed by atoms with E-state index in [-0.39, 0.29) is 0 Å². The van der Waals surface area contributed by atoms with Gasteiger partial charge < -0.3 is 9.80 Å². The minimum Gasteiger partial charge on any atom is -0.304 e. The molecule has 1 saturated heterocycles. The lowest BCUT2D eigenvalue weighted by Crippen LogP contribution is -2.47. The van der Waals surface area contributed by atoms with E-state index in [0.717, 1.165) is 5.92 Å². The highest BCUT2D eigenvalue weighted by Crippen LogP contribution is 2.02. The molecule has 0 N–H and O–H groups in total. The van der Waals surface area contributed by atoms with Gasteiger partial charge in [0.1, 0.15) is 0 Å². The number of piperazine rings is 1. The Labute approximate surface area is 101 Å². The molecular weight excluding hydrogens is 198 g/mol. The summed E-state index contributed by atoms with van der Waals surface area (Å²) in [7, 11) is 2.22. The van der Waals surface area contributed by atoms with Crippen molar-refractivity contribution in [3.63, 3.8) is 0 Å². The van der Waals surface area contributed by atoms with Gasteiger partial charge in [0.15, 0.2) is 0 Å². The van der Waals surface area contributed by atoms with Crippen LogP contribution in [0.1, 0.15) is 20.8 Å². The molecule has 0 saturated carbocycles. The fourth-order valence-electron chi connectivity index (χ4n) is 2.25. The summed E-state index contributed by atoms with van der Waals surface area (Å²) in [4.78, 5) is 7.59. The quantitative estimate of drug-likeness (QED) is 0.675. The van der Waals surface area contributed by atoms with Crippen molar-refractivity contribution in [1.82, 2.24) is 14.7 Å². The first kappa shape index (κ1) is 13.9. The number of rotatable bonds is 6. The third kappa shape index (κ3) is 5.28. The Hall–Kier alpha value is -0.120. The van der Waals surface area contributed by atoms with Crippen molar-refractivity contribution in [2.75, 3.05) is 59.4 Å². The van der Waals surface area contributed by atoms with Crippen LogP contribution in [0.25, 0.3) is 0 Å². The second-order valence-corrected chi connectivity index (χ2v) is 5.43. The summed E-state index contributed by atoms with van der Waals surface area (Å²) in [5.74, 6) is 0.785. The Morgan fingerprint density at radius 1 is 1.12 bits per heavy atom. The topological polar surface area (TPSA) is 9.72 Å². The lowest BCUT2D eigenvalue weighted by Gasteiger charge is -2.34. The Balaban J connectivity index is 2.16. The van der Waals surface area contributed by atoms with Gasteiger partial charge in [-0.2, -0.15) is 0 Å². The van der Waals surface area contributed by atoms with Gasteiger partial charge in [0, 0.05) is 45.8 Å². The van der Waals surface area contributed by atoms with Crippen molar-refractivity contribution in [3.8, 4) is 0 Å². The van der Waals surface area contributed by atoms with Crippen LogP contribution >= 0.6 is 0 Å². The Morgan fingerprint density at radius 3 is 2.25 bits per heavy atom. The maximum Gasteiger partial charge on any atom is 0.0110 e. The second kappa shape index (κ2) is 7.25. The molecule has 0 aliphatic carbocycles. The molecule has 0 aromatic rings. The average molecular weight is 227 g/mol. The molecule has 0 aromatic carbocycles. The molecule has 0 amide bonds. The zero-order chi connectivity index (χ0) is 12.0. The molecule has 16 heavy (non-hydrogen) atoms. The predicted molar refractivity (Wildman–Crippen MR) is 70.9 cm³/mol. The molecule has 0 radical (unpaired) electrons. The van der Waals surface area contributed by atoms with Crippen LogP contribution in [-0.4, -0.2) is 74.1 Å². The fraction of sp³-hybridized carbons (Fsp3) is 1.00. The smallest absolute Gasteiger partial charge is 0.0110 e. The molecular formula is C13H29N3. The third-order valence-corrected chi connectivity index (χ3v) is 3.40. The van der Waals surface area contributed by atoms with Crippen LogP contribution in [0.2, 0.25) is 0 Å². The SMILES string of the molecule is CCN(CCN1CCN(C)CC1)CC(C)C. The molecule has 0 unspecified atom stereocenters. The van der Waals surface area contributed by atoms with E-state index in [9.17, 15) is 0 Å². The molecule has 0 spiro atoms. The van der Waals surface area contributed by atoms with E-state index < -0.39 is 0 Å². The summed E-state index contributed by atoms with van der Waals surface area (Å²) in [5, 5.41) is 0. The number of hydrogen-bond donors (Lipinski definition) is 0. The van der Waals surface area contributed by atoms with E-state index >= 15 is 0 Å². The molecule has 1 aliphatic heterocycles. The van der Waals surface area contributed by atoms with Gasteiger partial charge in [0.05, 0.1) is 0 Å². The van der Waals surface area contributed by atoms with Crippen molar-refractivity contribution in [2.45, 2.75) is 20.8 Å². The first-order chi connectivity index (χ1) is 7.61. The van der Waals surface area contributed by atoms with Crippen LogP contribution in [0.5, 0.6) is 0 Å². The Kier molecular flexibility index (Phi) is 6.32. The monoisotopic (exact) mass is 227 g/mol. The van der Waals surface area contributed by atoms with E-state index in [0.29, 0.717) is 0 Å². The van der Waals surface area contributed by atoms with Crippen molar-refractivity contribution < 1.29 is 0 Å². The van der Waals surface area contributed by atoms with E-state index in [2.05, 4.69) is 42.5 Å². The molecule has 1 fully saturated rings. The summed E-state index contributed by atoms with van der Waals surface area (Å²) >= 11 is 0. The molecule has 1 heterocycles. The standard InChI is InChI=1S/C13H29N3/c1-5-15(12-13(2)3)10-11-16-8-6-14(4)7-9-16/h13H,5-12H2,1-4H3. The van der Waals surface area contributed by atoms with Crippen molar-refractivity contribution in [2.24, 2.45) is 5.92 Å². The summed E-state index contributed by atoms with van der Waals surface area (Å²) in [5.41, 5.74) is 0. The Morgan fingerprint density at radius 2 is 1.75 bits per heavy atom. The summed E-state index contributed by atoms with van der Waals surface area (Å²) in [6.07, 6.45) is 0. The van der Waals surface area contributed by atoms with Crippen LogP contribution in [0.4, 0.5) is 0 Å². The van der Waals surface area contributed by atoms with E-state index in [1.165, 1.54) is 52.4 Å². The molecule has 3 heteroatoms. The molecule has 1 rings (SSSR count). The van der Waals surface area contributed by atoms with Crippen molar-refractivity contribution in [3.05, 3.63) is 0 Å². The van der Waals surface area contributed by atoms with Crippen LogP contribution in [-0.2, 0) is 0 Å². The zero-order valence-corrected chi connectivity index (χ0v) is 11.6. The highest BCUT2D eigenvalue weighted by atomic mass is 15.3. The van der Waals surface area contributed by atoms with Crippen molar-refractivity contribution >= 4 is 0 Å². The predicted octanol–water partition coefficient (Wildman–Crippen LogP) is 1.21. The number of nitrogens with zero attached hydrogens (tertiary/aromatic N) is 3. The lowest BCUT2D eigenvalue weighted by molar-refractivity contribution is 0.133. The molecule has 1 aliphatic rings. The minimum absolute atomic E-state index is 0.785. The maximum atomic E-state index is 2.60. The first-order valence-corrected chi connectivity index (χ1v) is 6.75. The van der Waals surface area contributed by atoms with Gasteiger partial charge in [-0.05, 0) is 19.5 Å². The molecule has 0 aromatic heterocycles. The van der Waals surface area contributed by atoms with Gasteiger partial charge in [-0.1, -0.05) is 20.8 Å².